The molecule has 2 amide bonds. The van der Waals surface area contributed by atoms with Crippen LogP contribution in [0.3, 0.4) is 0 Å². The van der Waals surface area contributed by atoms with Crippen molar-refractivity contribution < 1.29 is 9.59 Å². The largest absolute Gasteiger partial charge is 0.325 e. The van der Waals surface area contributed by atoms with Crippen molar-refractivity contribution in [3.8, 4) is 0 Å². The van der Waals surface area contributed by atoms with Gasteiger partial charge in [-0.05, 0) is 19.9 Å². The molecule has 2 aliphatic heterocycles. The number of hydrogen-bond donors (Lipinski definition) is 0. The summed E-state index contributed by atoms with van der Waals surface area (Å²) in [5, 5.41) is 0. The van der Waals surface area contributed by atoms with E-state index >= 15 is 0 Å². The molecule has 108 valence electrons. The van der Waals surface area contributed by atoms with Crippen LogP contribution in [0.4, 0.5) is 4.79 Å². The maximum absolute atomic E-state index is 12.4. The maximum Gasteiger partial charge on any atom is 0.320 e. The Balaban J connectivity index is 1.87. The van der Waals surface area contributed by atoms with Gasteiger partial charge in [-0.25, -0.2) is 4.79 Å². The second-order valence-corrected chi connectivity index (χ2v) is 6.87. The zero-order valence-corrected chi connectivity index (χ0v) is 13.9. The van der Waals surface area contributed by atoms with Crippen LogP contribution in [0, 0.1) is 5.41 Å². The zero-order valence-electron chi connectivity index (χ0n) is 11.7. The number of likely N-dealkylation sites (tertiary alicyclic amines) is 1. The number of likely N-dealkylation sites (N-methyl/N-ethyl adjacent to an activating group) is 1. The van der Waals surface area contributed by atoms with E-state index in [4.69, 9.17) is 0 Å². The third-order valence-electron chi connectivity index (χ3n) is 4.39. The van der Waals surface area contributed by atoms with Crippen LogP contribution in [0.5, 0.6) is 0 Å². The number of piperazine rings is 1. The van der Waals surface area contributed by atoms with Gasteiger partial charge in [0.15, 0.2) is 3.79 Å². The second kappa shape index (κ2) is 5.95. The van der Waals surface area contributed by atoms with Crippen molar-refractivity contribution in [3.63, 3.8) is 0 Å². The normalized spacial score (nSPS) is 24.4. The molecule has 0 aliphatic carbocycles. The summed E-state index contributed by atoms with van der Waals surface area (Å²) < 4.78 is 0.219. The predicted molar refractivity (Wildman–Crippen MR) is 82.4 cm³/mol. The first-order chi connectivity index (χ1) is 8.92. The van der Waals surface area contributed by atoms with Crippen LogP contribution in [0.1, 0.15) is 19.8 Å². The van der Waals surface area contributed by atoms with Gasteiger partial charge in [-0.1, -0.05) is 6.92 Å². The molecule has 0 aromatic carbocycles. The minimum atomic E-state index is -0.237. The summed E-state index contributed by atoms with van der Waals surface area (Å²) in [4.78, 5) is 30.1. The number of rotatable bonds is 1. The summed E-state index contributed by atoms with van der Waals surface area (Å²) in [7, 11) is 2.08. The molecule has 0 atom stereocenters. The third-order valence-corrected chi connectivity index (χ3v) is 5.69. The van der Waals surface area contributed by atoms with Gasteiger partial charge in [-0.3, -0.25) is 4.79 Å². The van der Waals surface area contributed by atoms with Gasteiger partial charge in [0, 0.05) is 67.3 Å². The van der Waals surface area contributed by atoms with Crippen molar-refractivity contribution in [3.05, 3.63) is 0 Å². The van der Waals surface area contributed by atoms with Crippen molar-refractivity contribution >= 4 is 32.4 Å². The smallest absolute Gasteiger partial charge is 0.320 e. The molecule has 2 aliphatic rings. The maximum atomic E-state index is 12.4. The minimum Gasteiger partial charge on any atom is -0.325 e. The lowest BCUT2D eigenvalue weighted by atomic mass is 9.82. The van der Waals surface area contributed by atoms with Crippen molar-refractivity contribution in [1.29, 1.82) is 0 Å². The molecule has 2 saturated heterocycles. The van der Waals surface area contributed by atoms with E-state index in [1.165, 1.54) is 0 Å². The highest BCUT2D eigenvalue weighted by atomic mass is 127. The van der Waals surface area contributed by atoms with E-state index in [0.717, 1.165) is 39.0 Å². The molecule has 0 unspecified atom stereocenters. The molecule has 0 N–H and O–H groups in total. The molecule has 19 heavy (non-hydrogen) atoms. The molecule has 0 saturated carbocycles. The molecule has 0 spiro atoms. The van der Waals surface area contributed by atoms with Gasteiger partial charge in [0.25, 0.3) is 0 Å². The molecule has 0 bridgehead atoms. The van der Waals surface area contributed by atoms with Gasteiger partial charge in [-0.15, -0.1) is 0 Å². The Morgan fingerprint density at radius 1 is 0.947 bits per heavy atom. The SMILES string of the molecule is CN1CCN(C(=O)N2CCC(C)(C(=O)I)CC2)CC1. The molecule has 5 nitrogen and oxygen atoms in total. The Kier molecular flexibility index (Phi) is 4.70. The van der Waals surface area contributed by atoms with Gasteiger partial charge in [0.05, 0.1) is 0 Å². The Morgan fingerprint density at radius 2 is 1.42 bits per heavy atom. The Morgan fingerprint density at radius 3 is 1.89 bits per heavy atom. The lowest BCUT2D eigenvalue weighted by molar-refractivity contribution is -0.119. The Bertz CT molecular complexity index is 359. The van der Waals surface area contributed by atoms with Crippen molar-refractivity contribution in [2.24, 2.45) is 5.41 Å². The lowest BCUT2D eigenvalue weighted by Crippen LogP contribution is -2.54. The minimum absolute atomic E-state index is 0.149. The summed E-state index contributed by atoms with van der Waals surface area (Å²) >= 11 is 1.89. The fraction of sp³-hybridized carbons (Fsp3) is 0.846. The first-order valence-electron chi connectivity index (χ1n) is 6.85. The molecule has 2 rings (SSSR count). The van der Waals surface area contributed by atoms with Gasteiger partial charge in [0.1, 0.15) is 0 Å². The number of urea groups is 1. The highest BCUT2D eigenvalue weighted by molar-refractivity contribution is 14.1. The number of nitrogens with zero attached hydrogens (tertiary/aromatic N) is 3. The van der Waals surface area contributed by atoms with Crippen LogP contribution in [-0.2, 0) is 4.79 Å². The summed E-state index contributed by atoms with van der Waals surface area (Å²) in [6.07, 6.45) is 1.57. The first kappa shape index (κ1) is 15.0. The highest BCUT2D eigenvalue weighted by Crippen LogP contribution is 2.34. The number of halogens is 1. The third kappa shape index (κ3) is 3.39. The fourth-order valence-electron chi connectivity index (χ4n) is 2.59. The van der Waals surface area contributed by atoms with Crippen LogP contribution in [0.25, 0.3) is 0 Å². The van der Waals surface area contributed by atoms with Gasteiger partial charge < -0.3 is 14.7 Å². The number of amides is 2. The second-order valence-electron chi connectivity index (χ2n) is 5.89. The summed E-state index contributed by atoms with van der Waals surface area (Å²) in [5.41, 5.74) is -0.237. The molecule has 0 aromatic rings. The molecule has 2 heterocycles. The Hall–Kier alpha value is -0.370. The quantitative estimate of drug-likeness (QED) is 0.511. The number of carbonyl (C=O) groups excluding carboxylic acids is 2. The van der Waals surface area contributed by atoms with Gasteiger partial charge in [-0.2, -0.15) is 0 Å². The number of carbonyl (C=O) groups is 2. The van der Waals surface area contributed by atoms with Crippen molar-refractivity contribution in [2.45, 2.75) is 19.8 Å². The van der Waals surface area contributed by atoms with Crippen LogP contribution in [0.15, 0.2) is 0 Å². The monoisotopic (exact) mass is 379 g/mol. The van der Waals surface area contributed by atoms with E-state index in [1.54, 1.807) is 0 Å². The van der Waals surface area contributed by atoms with Crippen LogP contribution < -0.4 is 0 Å². The predicted octanol–water partition coefficient (Wildman–Crippen LogP) is 1.42. The van der Waals surface area contributed by atoms with E-state index in [1.807, 2.05) is 39.3 Å². The molecule has 2 fully saturated rings. The lowest BCUT2D eigenvalue weighted by Gasteiger charge is -2.41. The molecule has 0 radical (unpaired) electrons. The average molecular weight is 379 g/mol. The molecular weight excluding hydrogens is 357 g/mol. The zero-order chi connectivity index (χ0) is 14.0. The number of hydrogen-bond acceptors (Lipinski definition) is 3. The van der Waals surface area contributed by atoms with E-state index in [-0.39, 0.29) is 15.2 Å². The van der Waals surface area contributed by atoms with Crippen LogP contribution in [0.2, 0.25) is 0 Å². The first-order valence-corrected chi connectivity index (χ1v) is 7.92. The van der Waals surface area contributed by atoms with E-state index in [0.29, 0.717) is 13.1 Å². The van der Waals surface area contributed by atoms with Crippen LogP contribution >= 0.6 is 22.6 Å². The van der Waals surface area contributed by atoms with Gasteiger partial charge >= 0.3 is 6.03 Å². The summed E-state index contributed by atoms with van der Waals surface area (Å²) in [5.74, 6) is 0. The molecule has 0 aromatic heterocycles. The van der Waals surface area contributed by atoms with Crippen molar-refractivity contribution in [2.75, 3.05) is 46.3 Å². The van der Waals surface area contributed by atoms with E-state index in [2.05, 4.69) is 11.9 Å². The average Bonchev–Trinajstić information content (AvgIpc) is 2.39. The summed E-state index contributed by atoms with van der Waals surface area (Å²) in [6.45, 7) is 6.95. The van der Waals surface area contributed by atoms with E-state index in [9.17, 15) is 9.59 Å². The molecular formula is C13H22IN3O2. The highest BCUT2D eigenvalue weighted by Gasteiger charge is 2.37. The van der Waals surface area contributed by atoms with E-state index < -0.39 is 0 Å². The standard InChI is InChI=1S/C13H22IN3O2/c1-13(11(14)18)3-5-16(6-4-13)12(19)17-9-7-15(2)8-10-17/h3-10H2,1-2H3. The van der Waals surface area contributed by atoms with Crippen LogP contribution in [-0.4, -0.2) is 70.8 Å². The topological polar surface area (TPSA) is 43.9 Å². The Labute approximate surface area is 128 Å². The molecule has 6 heteroatoms. The van der Waals surface area contributed by atoms with Gasteiger partial charge in [0.2, 0.25) is 0 Å². The summed E-state index contributed by atoms with van der Waals surface area (Å²) in [6, 6.07) is 0.149. The fourth-order valence-corrected chi connectivity index (χ4v) is 3.13. The number of piperidine rings is 1. The van der Waals surface area contributed by atoms with Crippen molar-refractivity contribution in [1.82, 2.24) is 14.7 Å².